The normalized spacial score (nSPS) is 21.1. The second-order valence-electron chi connectivity index (χ2n) is 2.73. The topological polar surface area (TPSA) is 123 Å². The summed E-state index contributed by atoms with van der Waals surface area (Å²) in [6.07, 6.45) is -0.636. The standard InChI is InChI=1S/C5H13BrO8P2/c1-5(7)2-3-12-15(8,9)14-16(10,11)13-4-6/h5,7H,2-4H2,1H3,(H,8,9)(H,10,11). The van der Waals surface area contributed by atoms with E-state index in [0.717, 1.165) is 0 Å². The smallest absolute Gasteiger partial charge is 0.393 e. The lowest BCUT2D eigenvalue weighted by atomic mass is 10.3. The van der Waals surface area contributed by atoms with Crippen molar-refractivity contribution in [1.29, 1.82) is 0 Å². The van der Waals surface area contributed by atoms with Crippen LogP contribution in [0.1, 0.15) is 13.3 Å². The second kappa shape index (κ2) is 7.20. The lowest BCUT2D eigenvalue weighted by Crippen LogP contribution is -2.05. The van der Waals surface area contributed by atoms with Crippen molar-refractivity contribution >= 4 is 31.6 Å². The first kappa shape index (κ1) is 16.7. The number of halogens is 1. The molecule has 16 heavy (non-hydrogen) atoms. The van der Waals surface area contributed by atoms with Gasteiger partial charge in [-0.2, -0.15) is 4.31 Å². The molecule has 8 nitrogen and oxygen atoms in total. The van der Waals surface area contributed by atoms with Gasteiger partial charge in [-0.3, -0.25) is 9.05 Å². The monoisotopic (exact) mass is 342 g/mol. The Balaban J connectivity index is 4.14. The Morgan fingerprint density at radius 2 is 1.75 bits per heavy atom. The number of hydrogen-bond acceptors (Lipinski definition) is 6. The Bertz CT molecular complexity index is 294. The first-order chi connectivity index (χ1) is 7.18. The van der Waals surface area contributed by atoms with Crippen molar-refractivity contribution in [3.63, 3.8) is 0 Å². The van der Waals surface area contributed by atoms with Crippen molar-refractivity contribution in [2.75, 3.05) is 12.1 Å². The molecule has 0 fully saturated rings. The zero-order valence-corrected chi connectivity index (χ0v) is 11.7. The molecule has 98 valence electrons. The molecule has 11 heteroatoms. The number of hydrogen-bond donors (Lipinski definition) is 3. The summed E-state index contributed by atoms with van der Waals surface area (Å²) in [5.74, 6) is 0. The predicted molar refractivity (Wildman–Crippen MR) is 57.9 cm³/mol. The minimum Gasteiger partial charge on any atom is -0.393 e. The number of phosphoric ester groups is 2. The number of rotatable bonds is 8. The minimum absolute atomic E-state index is 0.0863. The van der Waals surface area contributed by atoms with Crippen LogP contribution < -0.4 is 0 Å². The van der Waals surface area contributed by atoms with Crippen LogP contribution in [0.3, 0.4) is 0 Å². The number of phosphoric acid groups is 2. The van der Waals surface area contributed by atoms with Crippen LogP contribution in [-0.2, 0) is 22.5 Å². The van der Waals surface area contributed by atoms with E-state index in [2.05, 4.69) is 29.3 Å². The Kier molecular flexibility index (Phi) is 7.52. The summed E-state index contributed by atoms with van der Waals surface area (Å²) < 4.78 is 34.4. The molecule has 0 aromatic heterocycles. The van der Waals surface area contributed by atoms with Gasteiger partial charge in [0.2, 0.25) is 0 Å². The number of alkyl halides is 1. The average molecular weight is 343 g/mol. The van der Waals surface area contributed by atoms with E-state index >= 15 is 0 Å². The van der Waals surface area contributed by atoms with Crippen LogP contribution in [0, 0.1) is 0 Å². The van der Waals surface area contributed by atoms with Crippen molar-refractivity contribution in [1.82, 2.24) is 0 Å². The Morgan fingerprint density at radius 3 is 2.19 bits per heavy atom. The molecule has 0 amide bonds. The lowest BCUT2D eigenvalue weighted by Gasteiger charge is -2.15. The zero-order valence-electron chi connectivity index (χ0n) is 8.35. The Morgan fingerprint density at radius 1 is 1.25 bits per heavy atom. The molecule has 0 radical (unpaired) electrons. The van der Waals surface area contributed by atoms with Gasteiger partial charge in [0.05, 0.1) is 12.7 Å². The van der Waals surface area contributed by atoms with Crippen LogP contribution in [0.5, 0.6) is 0 Å². The van der Waals surface area contributed by atoms with Crippen LogP contribution in [0.25, 0.3) is 0 Å². The molecule has 0 bridgehead atoms. The fourth-order valence-corrected chi connectivity index (χ4v) is 3.23. The summed E-state index contributed by atoms with van der Waals surface area (Å²) in [5.41, 5.74) is -0.339. The largest absolute Gasteiger partial charge is 0.481 e. The SMILES string of the molecule is CC(O)CCOP(=O)(O)OP(=O)(O)OCBr. The van der Waals surface area contributed by atoms with E-state index in [4.69, 9.17) is 14.9 Å². The van der Waals surface area contributed by atoms with Crippen LogP contribution in [-0.4, -0.2) is 33.1 Å². The Labute approximate surface area is 101 Å². The summed E-state index contributed by atoms with van der Waals surface area (Å²) in [7, 11) is -9.30. The van der Waals surface area contributed by atoms with Crippen molar-refractivity contribution in [3.05, 3.63) is 0 Å². The number of aliphatic hydroxyl groups excluding tert-OH is 1. The van der Waals surface area contributed by atoms with Gasteiger partial charge in [-0.15, -0.1) is 0 Å². The fraction of sp³-hybridized carbons (Fsp3) is 1.00. The van der Waals surface area contributed by atoms with Crippen molar-refractivity contribution in [2.45, 2.75) is 19.4 Å². The Hall–Kier alpha value is 0.700. The van der Waals surface area contributed by atoms with Gasteiger partial charge in [-0.25, -0.2) is 9.13 Å². The highest BCUT2D eigenvalue weighted by molar-refractivity contribution is 9.09. The summed E-state index contributed by atoms with van der Waals surface area (Å²) in [6.45, 7) is 1.16. The molecule has 0 aliphatic carbocycles. The fourth-order valence-electron chi connectivity index (χ4n) is 0.578. The molecule has 0 rings (SSSR count). The summed E-state index contributed by atoms with van der Waals surface area (Å²) >= 11 is 2.68. The van der Waals surface area contributed by atoms with E-state index in [1.165, 1.54) is 6.92 Å². The average Bonchev–Trinajstić information content (AvgIpc) is 1.99. The summed E-state index contributed by atoms with van der Waals surface area (Å²) in [5, 5.41) is 8.84. The van der Waals surface area contributed by atoms with E-state index < -0.39 is 21.7 Å². The maximum Gasteiger partial charge on any atom is 0.481 e. The van der Waals surface area contributed by atoms with E-state index in [0.29, 0.717) is 0 Å². The molecular formula is C5H13BrO8P2. The molecule has 0 saturated carbocycles. The highest BCUT2D eigenvalue weighted by atomic mass is 79.9. The van der Waals surface area contributed by atoms with Crippen LogP contribution in [0.2, 0.25) is 0 Å². The first-order valence-electron chi connectivity index (χ1n) is 4.08. The third kappa shape index (κ3) is 8.81. The molecule has 3 unspecified atom stereocenters. The molecule has 0 heterocycles. The van der Waals surface area contributed by atoms with Gasteiger partial charge < -0.3 is 14.9 Å². The maximum absolute atomic E-state index is 11.1. The zero-order chi connectivity index (χ0) is 12.8. The summed E-state index contributed by atoms with van der Waals surface area (Å²) in [6, 6.07) is 0. The van der Waals surface area contributed by atoms with Gasteiger partial charge in [0.25, 0.3) is 0 Å². The van der Waals surface area contributed by atoms with Gasteiger partial charge in [-0.05, 0) is 13.3 Å². The minimum atomic E-state index is -4.67. The highest BCUT2D eigenvalue weighted by Gasteiger charge is 2.34. The van der Waals surface area contributed by atoms with Gasteiger partial charge in [0.1, 0.15) is 5.52 Å². The van der Waals surface area contributed by atoms with Crippen LogP contribution >= 0.6 is 31.6 Å². The van der Waals surface area contributed by atoms with Crippen molar-refractivity contribution in [3.8, 4) is 0 Å². The third-order valence-electron chi connectivity index (χ3n) is 1.21. The van der Waals surface area contributed by atoms with E-state index in [-0.39, 0.29) is 18.5 Å². The van der Waals surface area contributed by atoms with Crippen molar-refractivity contribution in [2.24, 2.45) is 0 Å². The van der Waals surface area contributed by atoms with Gasteiger partial charge in [0, 0.05) is 0 Å². The van der Waals surface area contributed by atoms with Crippen LogP contribution in [0.15, 0.2) is 0 Å². The molecule has 0 saturated heterocycles. The van der Waals surface area contributed by atoms with E-state index in [9.17, 15) is 9.13 Å². The van der Waals surface area contributed by atoms with Gasteiger partial charge >= 0.3 is 15.6 Å². The van der Waals surface area contributed by atoms with Gasteiger partial charge in [0.15, 0.2) is 0 Å². The molecule has 0 aliphatic heterocycles. The molecule has 3 N–H and O–H groups in total. The highest BCUT2D eigenvalue weighted by Crippen LogP contribution is 2.60. The molecule has 3 atom stereocenters. The third-order valence-corrected chi connectivity index (χ3v) is 4.41. The lowest BCUT2D eigenvalue weighted by molar-refractivity contribution is 0.129. The quantitative estimate of drug-likeness (QED) is 0.446. The molecule has 0 aromatic rings. The first-order valence-corrected chi connectivity index (χ1v) is 8.20. The number of aliphatic hydroxyl groups is 1. The molecular weight excluding hydrogens is 330 g/mol. The molecule has 0 spiro atoms. The molecule has 0 aromatic carbocycles. The summed E-state index contributed by atoms with van der Waals surface area (Å²) in [4.78, 5) is 17.9. The molecule has 0 aliphatic rings. The van der Waals surface area contributed by atoms with Gasteiger partial charge in [-0.1, -0.05) is 15.9 Å². The second-order valence-corrected chi connectivity index (χ2v) is 6.23. The van der Waals surface area contributed by atoms with Crippen LogP contribution in [0.4, 0.5) is 0 Å². The van der Waals surface area contributed by atoms with E-state index in [1.54, 1.807) is 0 Å². The van der Waals surface area contributed by atoms with Crippen molar-refractivity contribution < 1.29 is 37.4 Å². The van der Waals surface area contributed by atoms with E-state index in [1.807, 2.05) is 0 Å². The predicted octanol–water partition coefficient (Wildman–Crippen LogP) is 1.36. The maximum atomic E-state index is 11.1.